The van der Waals surface area contributed by atoms with E-state index in [1.54, 1.807) is 0 Å². The maximum atomic E-state index is 8.59. The predicted octanol–water partition coefficient (Wildman–Crippen LogP) is 0.922. The molecule has 0 saturated heterocycles. The average molecular weight is 189 g/mol. The summed E-state index contributed by atoms with van der Waals surface area (Å²) in [5, 5.41) is 8.59. The van der Waals surface area contributed by atoms with Gasteiger partial charge in [0.05, 0.1) is 6.61 Å². The smallest absolute Gasteiger partial charge is 0.0540 e. The lowest BCUT2D eigenvalue weighted by atomic mass is 10.1. The zero-order chi connectivity index (χ0) is 10.2. The Morgan fingerprint density at radius 1 is 1.29 bits per heavy atom. The number of hydrogen-bond donors (Lipinski definition) is 2. The summed E-state index contributed by atoms with van der Waals surface area (Å²) in [5.41, 5.74) is 7.70. The minimum absolute atomic E-state index is 0.117. The summed E-state index contributed by atoms with van der Waals surface area (Å²) in [6.07, 6.45) is 1.38. The van der Waals surface area contributed by atoms with E-state index in [1.807, 2.05) is 24.3 Å². The SMILES string of the molecule is NCCc1ccccc1C#CCCO. The molecule has 0 amide bonds. The molecule has 1 rings (SSSR count). The van der Waals surface area contributed by atoms with Crippen molar-refractivity contribution in [2.75, 3.05) is 13.2 Å². The number of rotatable bonds is 3. The van der Waals surface area contributed by atoms with E-state index >= 15 is 0 Å². The van der Waals surface area contributed by atoms with E-state index in [-0.39, 0.29) is 6.61 Å². The van der Waals surface area contributed by atoms with Crippen molar-refractivity contribution >= 4 is 0 Å². The van der Waals surface area contributed by atoms with Crippen LogP contribution in [-0.4, -0.2) is 18.3 Å². The van der Waals surface area contributed by atoms with E-state index in [1.165, 1.54) is 5.56 Å². The molecule has 2 nitrogen and oxygen atoms in total. The van der Waals surface area contributed by atoms with E-state index < -0.39 is 0 Å². The summed E-state index contributed by atoms with van der Waals surface area (Å²) in [5.74, 6) is 5.94. The van der Waals surface area contributed by atoms with Crippen molar-refractivity contribution in [1.29, 1.82) is 0 Å². The Hall–Kier alpha value is -1.30. The van der Waals surface area contributed by atoms with Crippen LogP contribution in [0.25, 0.3) is 0 Å². The normalized spacial score (nSPS) is 9.29. The molecular weight excluding hydrogens is 174 g/mol. The second kappa shape index (κ2) is 6.20. The Morgan fingerprint density at radius 2 is 2.07 bits per heavy atom. The van der Waals surface area contributed by atoms with Gasteiger partial charge in [-0.3, -0.25) is 0 Å². The first kappa shape index (κ1) is 10.8. The molecule has 0 unspecified atom stereocenters. The van der Waals surface area contributed by atoms with E-state index in [2.05, 4.69) is 11.8 Å². The highest BCUT2D eigenvalue weighted by molar-refractivity contribution is 5.41. The van der Waals surface area contributed by atoms with Gasteiger partial charge < -0.3 is 10.8 Å². The molecule has 0 aliphatic carbocycles. The van der Waals surface area contributed by atoms with Crippen LogP contribution in [-0.2, 0) is 6.42 Å². The lowest BCUT2D eigenvalue weighted by Gasteiger charge is -2.01. The fourth-order valence-electron chi connectivity index (χ4n) is 1.23. The Balaban J connectivity index is 2.80. The highest BCUT2D eigenvalue weighted by Crippen LogP contribution is 2.07. The van der Waals surface area contributed by atoms with Crippen LogP contribution < -0.4 is 5.73 Å². The molecule has 14 heavy (non-hydrogen) atoms. The first-order valence-electron chi connectivity index (χ1n) is 4.76. The third-order valence-electron chi connectivity index (χ3n) is 1.89. The van der Waals surface area contributed by atoms with Gasteiger partial charge in [-0.25, -0.2) is 0 Å². The number of aliphatic hydroxyl groups excluding tert-OH is 1. The molecule has 1 aromatic rings. The van der Waals surface area contributed by atoms with Crippen molar-refractivity contribution in [2.24, 2.45) is 5.73 Å². The van der Waals surface area contributed by atoms with Crippen molar-refractivity contribution in [3.63, 3.8) is 0 Å². The van der Waals surface area contributed by atoms with Gasteiger partial charge in [-0.1, -0.05) is 30.0 Å². The van der Waals surface area contributed by atoms with Crippen LogP contribution >= 0.6 is 0 Å². The molecule has 3 N–H and O–H groups in total. The molecule has 2 heteroatoms. The van der Waals surface area contributed by atoms with Crippen molar-refractivity contribution in [1.82, 2.24) is 0 Å². The van der Waals surface area contributed by atoms with E-state index in [0.717, 1.165) is 12.0 Å². The first-order valence-corrected chi connectivity index (χ1v) is 4.76. The fourth-order valence-corrected chi connectivity index (χ4v) is 1.23. The number of nitrogens with two attached hydrogens (primary N) is 1. The topological polar surface area (TPSA) is 46.2 Å². The second-order valence-corrected chi connectivity index (χ2v) is 2.97. The molecule has 0 aliphatic rings. The molecule has 0 radical (unpaired) electrons. The second-order valence-electron chi connectivity index (χ2n) is 2.97. The minimum Gasteiger partial charge on any atom is -0.395 e. The highest BCUT2D eigenvalue weighted by Gasteiger charge is 1.96. The van der Waals surface area contributed by atoms with E-state index in [9.17, 15) is 0 Å². The van der Waals surface area contributed by atoms with Gasteiger partial charge in [0.15, 0.2) is 0 Å². The van der Waals surface area contributed by atoms with Crippen molar-refractivity contribution in [3.05, 3.63) is 35.4 Å². The van der Waals surface area contributed by atoms with Crippen LogP contribution in [0, 0.1) is 11.8 Å². The minimum atomic E-state index is 0.117. The molecule has 74 valence electrons. The van der Waals surface area contributed by atoms with Gasteiger partial charge >= 0.3 is 0 Å². The summed E-state index contributed by atoms with van der Waals surface area (Å²) in [4.78, 5) is 0. The van der Waals surface area contributed by atoms with Gasteiger partial charge in [0.1, 0.15) is 0 Å². The van der Waals surface area contributed by atoms with Gasteiger partial charge in [0, 0.05) is 12.0 Å². The zero-order valence-electron chi connectivity index (χ0n) is 8.16. The Labute approximate surface area is 84.8 Å². The first-order chi connectivity index (χ1) is 6.88. The van der Waals surface area contributed by atoms with Crippen LogP contribution in [0.3, 0.4) is 0 Å². The Morgan fingerprint density at radius 3 is 2.79 bits per heavy atom. The maximum absolute atomic E-state index is 8.59. The molecule has 0 saturated carbocycles. The Kier molecular flexibility index (Phi) is 4.77. The number of hydrogen-bond acceptors (Lipinski definition) is 2. The van der Waals surface area contributed by atoms with Gasteiger partial charge in [0.2, 0.25) is 0 Å². The van der Waals surface area contributed by atoms with Crippen LogP contribution in [0.2, 0.25) is 0 Å². The van der Waals surface area contributed by atoms with E-state index in [0.29, 0.717) is 13.0 Å². The maximum Gasteiger partial charge on any atom is 0.0540 e. The van der Waals surface area contributed by atoms with Gasteiger partial charge in [-0.05, 0) is 24.6 Å². The molecule has 1 aromatic carbocycles. The van der Waals surface area contributed by atoms with Crippen molar-refractivity contribution < 1.29 is 5.11 Å². The van der Waals surface area contributed by atoms with Gasteiger partial charge in [-0.2, -0.15) is 0 Å². The Bertz CT molecular complexity index is 336. The third kappa shape index (κ3) is 3.21. The summed E-state index contributed by atoms with van der Waals surface area (Å²) in [6.45, 7) is 0.755. The monoisotopic (exact) mass is 189 g/mol. The molecule has 0 atom stereocenters. The fraction of sp³-hybridized carbons (Fsp3) is 0.333. The zero-order valence-corrected chi connectivity index (χ0v) is 8.16. The summed E-state index contributed by atoms with van der Waals surface area (Å²) in [7, 11) is 0. The van der Waals surface area contributed by atoms with Crippen LogP contribution in [0.4, 0.5) is 0 Å². The molecule has 0 aliphatic heterocycles. The lowest BCUT2D eigenvalue weighted by Crippen LogP contribution is -2.04. The number of benzene rings is 1. The summed E-state index contributed by atoms with van der Waals surface area (Å²) < 4.78 is 0. The third-order valence-corrected chi connectivity index (χ3v) is 1.89. The summed E-state index contributed by atoms with van der Waals surface area (Å²) >= 11 is 0. The molecule has 0 heterocycles. The molecule has 0 bridgehead atoms. The van der Waals surface area contributed by atoms with Gasteiger partial charge in [0.25, 0.3) is 0 Å². The standard InChI is InChI=1S/C12H15NO/c13-9-8-12-6-2-1-5-11(12)7-3-4-10-14/h1-2,5-6,14H,4,8-10,13H2. The van der Waals surface area contributed by atoms with Crippen LogP contribution in [0.5, 0.6) is 0 Å². The average Bonchev–Trinajstić information content (AvgIpc) is 2.21. The highest BCUT2D eigenvalue weighted by atomic mass is 16.2. The van der Waals surface area contributed by atoms with Crippen LogP contribution in [0.15, 0.2) is 24.3 Å². The molecular formula is C12H15NO. The largest absolute Gasteiger partial charge is 0.395 e. The van der Waals surface area contributed by atoms with Crippen molar-refractivity contribution in [3.8, 4) is 11.8 Å². The quantitative estimate of drug-likeness (QED) is 0.695. The van der Waals surface area contributed by atoms with E-state index in [4.69, 9.17) is 10.8 Å². The molecule has 0 fully saturated rings. The molecule has 0 spiro atoms. The number of aliphatic hydroxyl groups is 1. The lowest BCUT2D eigenvalue weighted by molar-refractivity contribution is 0.305. The van der Waals surface area contributed by atoms with Crippen LogP contribution in [0.1, 0.15) is 17.5 Å². The predicted molar refractivity (Wildman–Crippen MR) is 57.8 cm³/mol. The van der Waals surface area contributed by atoms with Crippen molar-refractivity contribution in [2.45, 2.75) is 12.8 Å². The molecule has 0 aromatic heterocycles. The van der Waals surface area contributed by atoms with Gasteiger partial charge in [-0.15, -0.1) is 0 Å². The summed E-state index contributed by atoms with van der Waals surface area (Å²) in [6, 6.07) is 7.97.